The summed E-state index contributed by atoms with van der Waals surface area (Å²) in [6.45, 7) is 2.86. The molecular formula is C31H26FN10Na3O13S4. The standard InChI is InChI=1S/C31H29FN10O13S4.3Na/c1-2-56(45,46)11-10-34-26(43)17-4-3-5-20(12-17)35-29-36-27(32)37-30(38-29)40-31(39-28(33)44)8-6-19(7-9-31)41-42-23-16-22-18(14-25(23)59(53,54)55)13-21(57(47,48)49)15-24(22)58(50,51)52;;;/h2-8,12-16H,1,9-11H2,(H,34,43)(H3,33,39,44)(H,47,48,49)(H,50,51,52)(H,53,54,55)(H2,35,36,37,38,40);;;/q;3*+1/p-3. The number of amidine groups is 1. The van der Waals surface area contributed by atoms with Crippen molar-refractivity contribution in [3.05, 3.63) is 96.1 Å². The van der Waals surface area contributed by atoms with Gasteiger partial charge in [0.2, 0.25) is 11.9 Å². The van der Waals surface area contributed by atoms with E-state index in [1.165, 1.54) is 42.5 Å². The van der Waals surface area contributed by atoms with Crippen LogP contribution in [0.5, 0.6) is 0 Å². The van der Waals surface area contributed by atoms with Crippen LogP contribution < -0.4 is 115 Å². The van der Waals surface area contributed by atoms with Crippen molar-refractivity contribution in [3.8, 4) is 0 Å². The largest absolute Gasteiger partial charge is 1.00 e. The van der Waals surface area contributed by atoms with Gasteiger partial charge in [-0.2, -0.15) is 41.3 Å². The molecule has 312 valence electrons. The van der Waals surface area contributed by atoms with Crippen LogP contribution in [-0.4, -0.2) is 92.2 Å². The Balaban J connectivity index is 0.00000441. The Kier molecular flexibility index (Phi) is 19.1. The topological polar surface area (TPSA) is 384 Å². The van der Waals surface area contributed by atoms with Crippen LogP contribution >= 0.6 is 0 Å². The van der Waals surface area contributed by atoms with Crippen molar-refractivity contribution in [1.29, 1.82) is 0 Å². The van der Waals surface area contributed by atoms with Crippen molar-refractivity contribution < 1.29 is 151 Å². The molecule has 0 spiro atoms. The number of nitrogens with two attached hydrogens (primary N) is 1. The van der Waals surface area contributed by atoms with Gasteiger partial charge in [-0.1, -0.05) is 24.8 Å². The molecular weight excluding hydrogens is 937 g/mol. The molecule has 0 amide bonds. The first kappa shape index (κ1) is 54.8. The van der Waals surface area contributed by atoms with Crippen molar-refractivity contribution >= 4 is 86.2 Å². The average molecular weight is 963 g/mol. The number of nitrogens with one attached hydrogen (secondary N) is 2. The van der Waals surface area contributed by atoms with E-state index in [9.17, 15) is 61.9 Å². The number of halogens is 1. The minimum absolute atomic E-state index is 0. The van der Waals surface area contributed by atoms with Gasteiger partial charge in [0.1, 0.15) is 25.6 Å². The Bertz CT molecular complexity index is 3010. The van der Waals surface area contributed by atoms with Gasteiger partial charge in [-0.15, -0.1) is 5.11 Å². The van der Waals surface area contributed by atoms with Gasteiger partial charge in [0.05, 0.1) is 22.9 Å². The van der Waals surface area contributed by atoms with E-state index < -0.39 is 113 Å². The Morgan fingerprint density at radius 3 is 2.16 bits per heavy atom. The fourth-order valence-corrected chi connectivity index (χ4v) is 7.62. The number of fused-ring (bicyclic) bond motifs is 1. The third kappa shape index (κ3) is 14.6. The maximum Gasteiger partial charge on any atom is 1.00 e. The quantitative estimate of drug-likeness (QED) is 0.0243. The zero-order valence-electron chi connectivity index (χ0n) is 32.4. The second kappa shape index (κ2) is 21.6. The van der Waals surface area contributed by atoms with Gasteiger partial charge in [-0.25, -0.2) is 16.8 Å². The fourth-order valence-electron chi connectivity index (χ4n) is 5.13. The monoisotopic (exact) mass is 962 g/mol. The van der Waals surface area contributed by atoms with Crippen molar-refractivity contribution in [2.45, 2.75) is 26.8 Å². The summed E-state index contributed by atoms with van der Waals surface area (Å²) in [4.78, 5) is 15.4. The molecule has 0 radical (unpaired) electrons. The third-order valence-electron chi connectivity index (χ3n) is 7.73. The zero-order valence-corrected chi connectivity index (χ0v) is 41.6. The van der Waals surface area contributed by atoms with Crippen LogP contribution in [0.15, 0.2) is 119 Å². The maximum absolute atomic E-state index is 14.6. The summed E-state index contributed by atoms with van der Waals surface area (Å²) >= 11 is 0. The van der Waals surface area contributed by atoms with Crippen molar-refractivity contribution in [3.63, 3.8) is 0 Å². The fraction of sp³-hybridized carbons (Fsp3) is 0.129. The number of aromatic nitrogens is 3. The molecule has 0 aliphatic heterocycles. The summed E-state index contributed by atoms with van der Waals surface area (Å²) < 4.78 is 141. The van der Waals surface area contributed by atoms with Gasteiger partial charge < -0.3 is 31.1 Å². The minimum Gasteiger partial charge on any atom is -0.858 e. The Labute approximate surface area is 418 Å². The summed E-state index contributed by atoms with van der Waals surface area (Å²) in [6.07, 6.45) is 1.99. The first-order valence-electron chi connectivity index (χ1n) is 15.9. The molecule has 0 saturated heterocycles. The molecule has 5 rings (SSSR count). The number of sulfone groups is 1. The Morgan fingerprint density at radius 1 is 0.919 bits per heavy atom. The van der Waals surface area contributed by atoms with Crippen molar-refractivity contribution in [2.24, 2.45) is 25.9 Å². The summed E-state index contributed by atoms with van der Waals surface area (Å²) in [7, 11) is -19.3. The number of benzene rings is 3. The Hall–Kier alpha value is -3.30. The van der Waals surface area contributed by atoms with Crippen LogP contribution in [0.2, 0.25) is 0 Å². The van der Waals surface area contributed by atoms with E-state index in [4.69, 9.17) is 5.73 Å². The molecule has 4 aromatic rings. The summed E-state index contributed by atoms with van der Waals surface area (Å²) in [5, 5.41) is 37.2. The second-order valence-corrected chi connectivity index (χ2v) is 18.1. The van der Waals surface area contributed by atoms with E-state index in [1.807, 2.05) is 0 Å². The molecule has 1 atom stereocenters. The molecule has 62 heavy (non-hydrogen) atoms. The van der Waals surface area contributed by atoms with E-state index >= 15 is 0 Å². The van der Waals surface area contributed by atoms with Gasteiger partial charge in [0, 0.05) is 28.9 Å². The van der Waals surface area contributed by atoms with Crippen LogP contribution in [0.4, 0.5) is 27.7 Å². The first-order chi connectivity index (χ1) is 27.4. The average Bonchev–Trinajstić information content (AvgIpc) is 3.12. The van der Waals surface area contributed by atoms with E-state index in [0.717, 1.165) is 11.5 Å². The van der Waals surface area contributed by atoms with Gasteiger partial charge >= 0.3 is 94.8 Å². The summed E-state index contributed by atoms with van der Waals surface area (Å²) in [6, 6.07) is 6.68. The van der Waals surface area contributed by atoms with E-state index in [0.29, 0.717) is 18.2 Å². The maximum atomic E-state index is 14.6. The van der Waals surface area contributed by atoms with E-state index in [1.54, 1.807) is 0 Å². The van der Waals surface area contributed by atoms with E-state index in [-0.39, 0.29) is 119 Å². The van der Waals surface area contributed by atoms with Gasteiger partial charge in [0.15, 0.2) is 15.5 Å². The minimum atomic E-state index is -5.32. The van der Waals surface area contributed by atoms with Gasteiger partial charge in [-0.05, 0) is 65.4 Å². The molecule has 1 aliphatic carbocycles. The molecule has 1 unspecified atom stereocenters. The van der Waals surface area contributed by atoms with Crippen LogP contribution in [0.25, 0.3) is 10.8 Å². The molecule has 31 heteroatoms. The molecule has 23 nitrogen and oxygen atoms in total. The molecule has 0 saturated carbocycles. The normalized spacial score (nSPS) is 16.1. The first-order valence-corrected chi connectivity index (χ1v) is 21.9. The number of aliphatic imine (C=N–C) groups is 2. The number of allylic oxidation sites excluding steroid dienone is 1. The van der Waals surface area contributed by atoms with Crippen molar-refractivity contribution in [1.82, 2.24) is 15.0 Å². The number of nitrogens with zero attached hydrogens (tertiary/aromatic N) is 7. The number of azo groups is 1. The predicted molar refractivity (Wildman–Crippen MR) is 201 cm³/mol. The van der Waals surface area contributed by atoms with E-state index in [2.05, 4.69) is 52.4 Å². The number of rotatable bonds is 15. The van der Waals surface area contributed by atoms with Crippen LogP contribution in [-0.2, 0) is 40.2 Å². The zero-order chi connectivity index (χ0) is 43.6. The molecule has 6 N–H and O–H groups in total. The third-order valence-corrected chi connectivity index (χ3v) is 11.6. The smallest absolute Gasteiger partial charge is 0.858 e. The van der Waals surface area contributed by atoms with Gasteiger partial charge in [0.25, 0.3) is 20.2 Å². The molecule has 0 bridgehead atoms. The van der Waals surface area contributed by atoms with Crippen LogP contribution in [0.1, 0.15) is 12.0 Å². The number of anilines is 3. The van der Waals surface area contributed by atoms with Crippen molar-refractivity contribution in [2.75, 3.05) is 22.9 Å². The molecule has 0 fully saturated rings. The SMILES string of the molecule is C=CS(=O)(=O)CCN=C([O-])c1cccc(Nc2nc(F)nc(NC3(N=C(N)[O-])C=CC(N=Nc4cc5c(S(=O)(=O)O)cc(S(=O)(=O)[O-])cc5cc4S(=O)(=O)O)=CC3)n2)c1.[Na+].[Na+].[Na+]. The molecule has 1 heterocycles. The molecule has 1 aliphatic rings. The number of hydrogen-bond donors (Lipinski definition) is 5. The summed E-state index contributed by atoms with van der Waals surface area (Å²) in [5.41, 5.74) is 2.94. The summed E-state index contributed by atoms with van der Waals surface area (Å²) in [5.74, 6) is -2.07. The second-order valence-electron chi connectivity index (χ2n) is 11.9. The van der Waals surface area contributed by atoms with Crippen LogP contribution in [0, 0.1) is 6.08 Å². The van der Waals surface area contributed by atoms with Crippen LogP contribution in [0.3, 0.4) is 0 Å². The molecule has 3 aromatic carbocycles. The molecule has 1 aromatic heterocycles. The predicted octanol–water partition coefficient (Wildman–Crippen LogP) is -8.61. The van der Waals surface area contributed by atoms with Gasteiger partial charge in [-0.3, -0.25) is 19.1 Å². The number of hydrogen-bond acceptors (Lipinski definition) is 20. The Morgan fingerprint density at radius 2 is 1.58 bits per heavy atom.